The molecule has 0 aliphatic heterocycles. The Kier molecular flexibility index (Phi) is 10.9. The monoisotopic (exact) mass is 916 g/mol. The molecule has 0 atom stereocenters. The van der Waals surface area contributed by atoms with Gasteiger partial charge in [-0.25, -0.2) is 9.18 Å². The molecule has 1 rings (SSSR count). The van der Waals surface area contributed by atoms with Gasteiger partial charge in [-0.05, 0) is 6.92 Å². The molecule has 2 nitrogen and oxygen atoms in total. The third-order valence-electron chi connectivity index (χ3n) is 7.36. The van der Waals surface area contributed by atoms with E-state index in [4.69, 9.17) is 0 Å². The zero-order chi connectivity index (χ0) is 46.4. The van der Waals surface area contributed by atoms with E-state index >= 15 is 0 Å². The van der Waals surface area contributed by atoms with Crippen molar-refractivity contribution in [1.82, 2.24) is 0 Å². The lowest BCUT2D eigenvalue weighted by molar-refractivity contribution is -0.489. The summed E-state index contributed by atoms with van der Waals surface area (Å²) in [5.41, 5.74) is -11.2. The first-order valence-corrected chi connectivity index (χ1v) is 12.2. The van der Waals surface area contributed by atoms with Gasteiger partial charge in [0.15, 0.2) is 0 Å². The predicted octanol–water partition coefficient (Wildman–Crippen LogP) is 10.9. The minimum absolute atomic E-state index is 0.0996. The average Bonchev–Trinajstić information content (AvgIpc) is 3.03. The lowest BCUT2D eigenvalue weighted by atomic mass is 9.79. The highest BCUT2D eigenvalue weighted by molar-refractivity contribution is 5.87. The van der Waals surface area contributed by atoms with Crippen LogP contribution in [0.1, 0.15) is 6.92 Å². The van der Waals surface area contributed by atoms with Crippen LogP contribution >= 0.6 is 0 Å². The summed E-state index contributed by atoms with van der Waals surface area (Å²) in [6.07, 6.45) is -7.81. The van der Waals surface area contributed by atoms with Crippen LogP contribution in [0.2, 0.25) is 0 Å². The summed E-state index contributed by atoms with van der Waals surface area (Å²) in [4.78, 5) is 10.9. The molecule has 1 aliphatic rings. The Morgan fingerprint density at radius 2 is 0.571 bits per heavy atom. The average molecular weight is 916 g/mol. The molecule has 0 amide bonds. The van der Waals surface area contributed by atoms with Crippen LogP contribution in [0.5, 0.6) is 0 Å². The fourth-order valence-electron chi connectivity index (χ4n) is 3.86. The lowest BCUT2D eigenvalue weighted by Crippen LogP contribution is -2.80. The first-order valence-electron chi connectivity index (χ1n) is 12.2. The topological polar surface area (TPSA) is 26.3 Å². The van der Waals surface area contributed by atoms with E-state index in [1.807, 2.05) is 0 Å². The number of carbonyl (C=O) groups is 1. The van der Waals surface area contributed by atoms with Crippen LogP contribution in [-0.2, 0) is 9.53 Å². The largest absolute Gasteiger partial charge is 0.473 e. The Hall–Kier alpha value is -3.10. The zero-order valence-electron chi connectivity index (χ0n) is 24.5. The molecule has 0 aromatic heterocycles. The van der Waals surface area contributed by atoms with Crippen LogP contribution in [-0.4, -0.2) is 107 Å². The predicted molar refractivity (Wildman–Crippen MR) is 104 cm³/mol. The quantitative estimate of drug-likeness (QED) is 0.0986. The summed E-state index contributed by atoms with van der Waals surface area (Å²) in [5.74, 6) is -148. The van der Waals surface area contributed by atoms with E-state index in [1.165, 1.54) is 0 Å². The van der Waals surface area contributed by atoms with Crippen molar-refractivity contribution in [3.05, 3.63) is 12.2 Å². The van der Waals surface area contributed by atoms with Gasteiger partial charge in [0, 0.05) is 5.57 Å². The summed E-state index contributed by atoms with van der Waals surface area (Å²) in [6.45, 7) is 2.36. The van der Waals surface area contributed by atoms with Crippen molar-refractivity contribution in [3.8, 4) is 0 Å². The second-order valence-electron chi connectivity index (χ2n) is 11.0. The Morgan fingerprint density at radius 3 is 0.786 bits per heavy atom. The van der Waals surface area contributed by atoms with Crippen molar-refractivity contribution in [1.29, 1.82) is 0 Å². The highest BCUT2D eigenvalue weighted by Crippen LogP contribution is 2.76. The maximum Gasteiger partial charge on any atom is 0.473 e. The van der Waals surface area contributed by atoms with Crippen LogP contribution in [0, 0.1) is 0 Å². The maximum atomic E-state index is 14.3. The van der Waals surface area contributed by atoms with Crippen LogP contribution < -0.4 is 0 Å². The molecule has 35 heteroatoms. The summed E-state index contributed by atoms with van der Waals surface area (Å²) < 4.78 is 458. The Bertz CT molecular complexity index is 1540. The van der Waals surface area contributed by atoms with E-state index < -0.39 is 112 Å². The Labute approximate surface area is 281 Å². The summed E-state index contributed by atoms with van der Waals surface area (Å²) in [6, 6.07) is 0. The van der Waals surface area contributed by atoms with Gasteiger partial charge in [-0.2, -0.15) is 140 Å². The SMILES string of the molecule is C=C(C)C(=O)OC(F)(F)C(F)(F)C(F)(F)C(F)(F)C(F)(F)C(F)(F)C(F)(F)C(F)(F)C(F)(F)C(F)(F)C(F)(F)C(F)(F)C1(F)C(F)(F)C(F)(F)C(F)(F)C1(F)F. The van der Waals surface area contributed by atoms with E-state index in [0.717, 1.165) is 0 Å². The van der Waals surface area contributed by atoms with Gasteiger partial charge in [0.05, 0.1) is 0 Å². The number of halogens is 33. The van der Waals surface area contributed by atoms with Crippen LogP contribution in [0.3, 0.4) is 0 Å². The van der Waals surface area contributed by atoms with Crippen molar-refractivity contribution < 1.29 is 154 Å². The number of esters is 1. The lowest BCUT2D eigenvalue weighted by Gasteiger charge is -2.47. The van der Waals surface area contributed by atoms with Gasteiger partial charge in [-0.3, -0.25) is 0 Å². The fourth-order valence-corrected chi connectivity index (χ4v) is 3.86. The molecule has 0 saturated heterocycles. The molecule has 332 valence electrons. The second kappa shape index (κ2) is 12.0. The number of hydrogen-bond acceptors (Lipinski definition) is 2. The number of hydrogen-bond donors (Lipinski definition) is 0. The van der Waals surface area contributed by atoms with Gasteiger partial charge in [0.25, 0.3) is 0 Å². The number of rotatable bonds is 14. The standard InChI is InChI=1S/C21H5F33O2/c1-3(2)4(55)56-21(53,54)20(51,52)19(49,50)18(47,48)17(45,46)16(43,44)15(41,42)14(39,40)13(37,38)12(35,36)11(33,34)8(27,28)5(22)6(23,24)9(29,30)10(31,32)7(5,25)26/h1H2,2H3. The first kappa shape index (κ1) is 50.9. The number of carbonyl (C=O) groups excluding carboxylic acids is 1. The van der Waals surface area contributed by atoms with Crippen molar-refractivity contribution >= 4 is 5.97 Å². The number of alkyl halides is 33. The van der Waals surface area contributed by atoms with Crippen LogP contribution in [0.25, 0.3) is 0 Å². The van der Waals surface area contributed by atoms with E-state index in [-0.39, 0.29) is 6.92 Å². The maximum absolute atomic E-state index is 14.3. The molecule has 0 spiro atoms. The molecular weight excluding hydrogens is 911 g/mol. The van der Waals surface area contributed by atoms with Crippen LogP contribution in [0.15, 0.2) is 12.2 Å². The number of ether oxygens (including phenoxy) is 1. The third kappa shape index (κ3) is 5.02. The van der Waals surface area contributed by atoms with Crippen LogP contribution in [0.4, 0.5) is 145 Å². The van der Waals surface area contributed by atoms with Gasteiger partial charge < -0.3 is 4.74 Å². The van der Waals surface area contributed by atoms with Gasteiger partial charge in [0.2, 0.25) is 0 Å². The van der Waals surface area contributed by atoms with Crippen molar-refractivity contribution in [2.45, 2.75) is 108 Å². The first-order chi connectivity index (χ1) is 23.6. The fraction of sp³-hybridized carbons (Fsp3) is 0.857. The molecule has 0 aromatic rings. The van der Waals surface area contributed by atoms with Gasteiger partial charge in [-0.15, -0.1) is 0 Å². The highest BCUT2D eigenvalue weighted by Gasteiger charge is 3.09. The van der Waals surface area contributed by atoms with Crippen molar-refractivity contribution in [2.75, 3.05) is 0 Å². The molecular formula is C21H5F33O2. The molecule has 0 N–H and O–H groups in total. The zero-order valence-corrected chi connectivity index (χ0v) is 24.5. The summed E-state index contributed by atoms with van der Waals surface area (Å²) >= 11 is 0. The second-order valence-corrected chi connectivity index (χ2v) is 11.0. The normalized spacial score (nSPS) is 21.5. The van der Waals surface area contributed by atoms with Gasteiger partial charge in [0.1, 0.15) is 0 Å². The molecule has 0 radical (unpaired) electrons. The molecule has 0 aromatic carbocycles. The van der Waals surface area contributed by atoms with Gasteiger partial charge >= 0.3 is 107 Å². The minimum Gasteiger partial charge on any atom is -0.393 e. The minimum atomic E-state index is -10.3. The molecule has 1 saturated carbocycles. The summed E-state index contributed by atoms with van der Waals surface area (Å²) in [5, 5.41) is 0. The van der Waals surface area contributed by atoms with E-state index in [1.54, 1.807) is 0 Å². The van der Waals surface area contributed by atoms with E-state index in [2.05, 4.69) is 11.3 Å². The van der Waals surface area contributed by atoms with Crippen molar-refractivity contribution in [2.24, 2.45) is 0 Å². The Morgan fingerprint density at radius 1 is 0.375 bits per heavy atom. The summed E-state index contributed by atoms with van der Waals surface area (Å²) in [7, 11) is 0. The molecule has 1 fully saturated rings. The highest BCUT2D eigenvalue weighted by atomic mass is 19.4. The van der Waals surface area contributed by atoms with Gasteiger partial charge in [-0.1, -0.05) is 6.58 Å². The molecule has 0 unspecified atom stereocenters. The Balaban J connectivity index is 4.12. The van der Waals surface area contributed by atoms with Crippen molar-refractivity contribution in [3.63, 3.8) is 0 Å². The molecule has 0 heterocycles. The third-order valence-corrected chi connectivity index (χ3v) is 7.36. The van der Waals surface area contributed by atoms with E-state index in [0.29, 0.717) is 0 Å². The van der Waals surface area contributed by atoms with E-state index in [9.17, 15) is 150 Å². The smallest absolute Gasteiger partial charge is 0.393 e. The molecule has 1 aliphatic carbocycles. The molecule has 56 heavy (non-hydrogen) atoms. The molecule has 0 bridgehead atoms.